The molecule has 0 aliphatic heterocycles. The van der Waals surface area contributed by atoms with Gasteiger partial charge in [0, 0.05) is 11.4 Å². The molecule has 5 aromatic carbocycles. The van der Waals surface area contributed by atoms with Crippen molar-refractivity contribution in [2.75, 3.05) is 11.5 Å². The molecule has 5 aromatic rings. The third-order valence-corrected chi connectivity index (χ3v) is 8.20. The molecule has 0 saturated carbocycles. The zero-order chi connectivity index (χ0) is 29.1. The second-order valence-corrected chi connectivity index (χ2v) is 11.7. The van der Waals surface area contributed by atoms with Gasteiger partial charge < -0.3 is 11.5 Å². The Morgan fingerprint density at radius 2 is 0.762 bits per heavy atom. The number of nitrogens with two attached hydrogens (primary N) is 2. The van der Waals surface area contributed by atoms with E-state index in [-0.39, 0.29) is 0 Å². The molecule has 2 heteroatoms. The summed E-state index contributed by atoms with van der Waals surface area (Å²) in [6.07, 6.45) is 10.1. The van der Waals surface area contributed by atoms with Crippen LogP contribution in [0, 0.1) is 0 Å². The summed E-state index contributed by atoms with van der Waals surface area (Å²) in [6.45, 7) is 2.28. The zero-order valence-electron chi connectivity index (χ0n) is 25.0. The van der Waals surface area contributed by atoms with Crippen molar-refractivity contribution in [3.05, 3.63) is 165 Å². The van der Waals surface area contributed by atoms with E-state index in [9.17, 15) is 0 Å². The van der Waals surface area contributed by atoms with E-state index in [1.807, 2.05) is 24.3 Å². The van der Waals surface area contributed by atoms with E-state index >= 15 is 0 Å². The summed E-state index contributed by atoms with van der Waals surface area (Å²) in [5.41, 5.74) is 25.7. The van der Waals surface area contributed by atoms with Crippen molar-refractivity contribution < 1.29 is 0 Å². The first-order chi connectivity index (χ1) is 20.5. The highest BCUT2D eigenvalue weighted by Crippen LogP contribution is 2.22. The second kappa shape index (κ2) is 14.5. The number of hydrogen-bond acceptors (Lipinski definition) is 2. The number of hydrogen-bond donors (Lipinski definition) is 2. The first kappa shape index (κ1) is 29.2. The van der Waals surface area contributed by atoms with Crippen LogP contribution in [0.15, 0.2) is 115 Å². The molecule has 0 heterocycles. The van der Waals surface area contributed by atoms with E-state index in [0.717, 1.165) is 43.5 Å². The predicted octanol–water partition coefficient (Wildman–Crippen LogP) is 9.34. The lowest BCUT2D eigenvalue weighted by Gasteiger charge is -2.13. The van der Waals surface area contributed by atoms with Crippen LogP contribution < -0.4 is 11.5 Å². The maximum Gasteiger partial charge on any atom is 0.0314 e. The molecule has 0 radical (unpaired) electrons. The van der Waals surface area contributed by atoms with E-state index in [1.165, 1.54) is 75.8 Å². The van der Waals surface area contributed by atoms with Gasteiger partial charge in [-0.2, -0.15) is 0 Å². The largest absolute Gasteiger partial charge is 0.399 e. The van der Waals surface area contributed by atoms with Crippen molar-refractivity contribution in [2.45, 2.75) is 64.7 Å². The standard InChI is InChI=1S/C40H44N2/c1-2-3-4-5-6-37-29-36(15-20-38(37)28-35-18-23-40(42)24-19-35)27-33-13-11-31(12-14-33)25-30-7-9-32(10-8-30)26-34-16-21-39(41)22-17-34/h7-24,29H,2-6,25-28,41-42H2,1H3. The Morgan fingerprint density at radius 3 is 1.21 bits per heavy atom. The Kier molecular flexibility index (Phi) is 10.1. The van der Waals surface area contributed by atoms with Crippen LogP contribution in [0.5, 0.6) is 0 Å². The van der Waals surface area contributed by atoms with E-state index in [1.54, 1.807) is 0 Å². The summed E-state index contributed by atoms with van der Waals surface area (Å²) in [6, 6.07) is 41.8. The fraction of sp³-hybridized carbons (Fsp3) is 0.250. The number of unbranched alkanes of at least 4 members (excludes halogenated alkanes) is 3. The first-order valence-corrected chi connectivity index (χ1v) is 15.5. The average molecular weight is 553 g/mol. The van der Waals surface area contributed by atoms with E-state index in [0.29, 0.717) is 0 Å². The minimum absolute atomic E-state index is 0.811. The third-order valence-electron chi connectivity index (χ3n) is 8.20. The lowest BCUT2D eigenvalue weighted by Crippen LogP contribution is -2.00. The highest BCUT2D eigenvalue weighted by atomic mass is 14.5. The Labute approximate surface area is 252 Å². The number of benzene rings is 5. The molecule has 0 unspecified atom stereocenters. The molecule has 0 spiro atoms. The topological polar surface area (TPSA) is 52.0 Å². The van der Waals surface area contributed by atoms with Crippen molar-refractivity contribution >= 4 is 11.4 Å². The quantitative estimate of drug-likeness (QED) is 0.113. The van der Waals surface area contributed by atoms with Gasteiger partial charge >= 0.3 is 0 Å². The van der Waals surface area contributed by atoms with Gasteiger partial charge in [-0.15, -0.1) is 0 Å². The van der Waals surface area contributed by atoms with Crippen LogP contribution in [0.2, 0.25) is 0 Å². The van der Waals surface area contributed by atoms with Gasteiger partial charge in [-0.05, 0) is 113 Å². The number of aryl methyl sites for hydroxylation is 1. The van der Waals surface area contributed by atoms with Crippen LogP contribution in [0.1, 0.15) is 82.7 Å². The summed E-state index contributed by atoms with van der Waals surface area (Å²) in [4.78, 5) is 0. The molecular formula is C40H44N2. The summed E-state index contributed by atoms with van der Waals surface area (Å²) >= 11 is 0. The van der Waals surface area contributed by atoms with E-state index < -0.39 is 0 Å². The first-order valence-electron chi connectivity index (χ1n) is 15.5. The molecule has 42 heavy (non-hydrogen) atoms. The molecule has 214 valence electrons. The second-order valence-electron chi connectivity index (χ2n) is 11.7. The lowest BCUT2D eigenvalue weighted by molar-refractivity contribution is 0.665. The van der Waals surface area contributed by atoms with Crippen molar-refractivity contribution in [3.63, 3.8) is 0 Å². The van der Waals surface area contributed by atoms with Crippen molar-refractivity contribution in [3.8, 4) is 0 Å². The molecule has 4 N–H and O–H groups in total. The van der Waals surface area contributed by atoms with Crippen LogP contribution >= 0.6 is 0 Å². The Balaban J connectivity index is 1.21. The molecule has 0 atom stereocenters. The maximum atomic E-state index is 5.91. The summed E-state index contributed by atoms with van der Waals surface area (Å²) in [5, 5.41) is 0. The monoisotopic (exact) mass is 552 g/mol. The smallest absolute Gasteiger partial charge is 0.0314 e. The predicted molar refractivity (Wildman–Crippen MR) is 180 cm³/mol. The number of nitrogen functional groups attached to an aromatic ring is 2. The zero-order valence-corrected chi connectivity index (χ0v) is 25.0. The molecule has 0 fully saturated rings. The van der Waals surface area contributed by atoms with Gasteiger partial charge in [-0.25, -0.2) is 0 Å². The van der Waals surface area contributed by atoms with Crippen LogP contribution in [-0.2, 0) is 32.1 Å². The van der Waals surface area contributed by atoms with Crippen LogP contribution in [0.25, 0.3) is 0 Å². The molecule has 0 aromatic heterocycles. The molecule has 0 bridgehead atoms. The van der Waals surface area contributed by atoms with Gasteiger partial charge in [0.25, 0.3) is 0 Å². The summed E-state index contributed by atoms with van der Waals surface area (Å²) < 4.78 is 0. The maximum absolute atomic E-state index is 5.91. The van der Waals surface area contributed by atoms with E-state index in [4.69, 9.17) is 11.5 Å². The van der Waals surface area contributed by atoms with Crippen LogP contribution in [0.3, 0.4) is 0 Å². The Bertz CT molecular complexity index is 1530. The molecule has 0 amide bonds. The minimum atomic E-state index is 0.811. The molecule has 2 nitrogen and oxygen atoms in total. The highest BCUT2D eigenvalue weighted by Gasteiger charge is 2.08. The van der Waals surface area contributed by atoms with Crippen molar-refractivity contribution in [2.24, 2.45) is 0 Å². The van der Waals surface area contributed by atoms with Gasteiger partial charge in [0.05, 0.1) is 0 Å². The van der Waals surface area contributed by atoms with Gasteiger partial charge in [0.1, 0.15) is 0 Å². The van der Waals surface area contributed by atoms with Gasteiger partial charge in [-0.3, -0.25) is 0 Å². The van der Waals surface area contributed by atoms with Gasteiger partial charge in [0.15, 0.2) is 0 Å². The van der Waals surface area contributed by atoms with Gasteiger partial charge in [0.2, 0.25) is 0 Å². The fourth-order valence-electron chi connectivity index (χ4n) is 5.68. The number of rotatable bonds is 13. The SMILES string of the molecule is CCCCCCc1cc(Cc2ccc(Cc3ccc(Cc4ccc(N)cc4)cc3)cc2)ccc1Cc1ccc(N)cc1. The van der Waals surface area contributed by atoms with Crippen LogP contribution in [0.4, 0.5) is 11.4 Å². The van der Waals surface area contributed by atoms with Crippen molar-refractivity contribution in [1.29, 1.82) is 0 Å². The average Bonchev–Trinajstić information content (AvgIpc) is 3.01. The summed E-state index contributed by atoms with van der Waals surface area (Å²) in [5.74, 6) is 0. The van der Waals surface area contributed by atoms with Gasteiger partial charge in [-0.1, -0.05) is 117 Å². The molecular weight excluding hydrogens is 508 g/mol. The van der Waals surface area contributed by atoms with Crippen LogP contribution in [-0.4, -0.2) is 0 Å². The fourth-order valence-corrected chi connectivity index (χ4v) is 5.68. The molecule has 0 aliphatic rings. The van der Waals surface area contributed by atoms with Crippen molar-refractivity contribution in [1.82, 2.24) is 0 Å². The normalized spacial score (nSPS) is 11.1. The lowest BCUT2D eigenvalue weighted by atomic mass is 9.92. The molecule has 5 rings (SSSR count). The Hall–Kier alpha value is -4.30. The third kappa shape index (κ3) is 8.60. The molecule has 0 saturated heterocycles. The Morgan fingerprint density at radius 1 is 0.381 bits per heavy atom. The number of anilines is 2. The van der Waals surface area contributed by atoms with E-state index in [2.05, 4.69) is 97.9 Å². The minimum Gasteiger partial charge on any atom is -0.399 e. The summed E-state index contributed by atoms with van der Waals surface area (Å²) in [7, 11) is 0. The molecule has 0 aliphatic carbocycles. The highest BCUT2D eigenvalue weighted by molar-refractivity contribution is 5.44.